The van der Waals surface area contributed by atoms with E-state index in [1.54, 1.807) is 0 Å². The first-order chi connectivity index (χ1) is 8.53. The van der Waals surface area contributed by atoms with Crippen LogP contribution in [0, 0.1) is 0 Å². The summed E-state index contributed by atoms with van der Waals surface area (Å²) >= 11 is 0. The third-order valence-electron chi connectivity index (χ3n) is 4.19. The number of hydrogen-bond donors (Lipinski definition) is 1. The van der Waals surface area contributed by atoms with Crippen LogP contribution in [0.2, 0.25) is 0 Å². The van der Waals surface area contributed by atoms with Crippen molar-refractivity contribution in [2.24, 2.45) is 0 Å². The lowest BCUT2D eigenvalue weighted by Gasteiger charge is -2.31. The number of ether oxygens (including phenoxy) is 1. The Balaban J connectivity index is 2.44. The van der Waals surface area contributed by atoms with Gasteiger partial charge in [0, 0.05) is 12.6 Å². The molecule has 1 rings (SSSR count). The van der Waals surface area contributed by atoms with Gasteiger partial charge in [-0.15, -0.1) is 0 Å². The second kappa shape index (κ2) is 7.10. The van der Waals surface area contributed by atoms with Gasteiger partial charge >= 0.3 is 5.97 Å². The lowest BCUT2D eigenvalue weighted by molar-refractivity contribution is -0.150. The summed E-state index contributed by atoms with van der Waals surface area (Å²) in [7, 11) is 3.99. The van der Waals surface area contributed by atoms with Gasteiger partial charge in [-0.3, -0.25) is 4.79 Å². The van der Waals surface area contributed by atoms with Gasteiger partial charge in [0.1, 0.15) is 5.54 Å². The fourth-order valence-corrected chi connectivity index (χ4v) is 2.55. The number of carbonyl (C=O) groups is 1. The molecule has 18 heavy (non-hydrogen) atoms. The Labute approximate surface area is 111 Å². The van der Waals surface area contributed by atoms with E-state index in [1.807, 2.05) is 20.9 Å². The highest BCUT2D eigenvalue weighted by Gasteiger charge is 2.33. The van der Waals surface area contributed by atoms with E-state index in [1.165, 1.54) is 25.7 Å². The smallest absolute Gasteiger partial charge is 0.326 e. The van der Waals surface area contributed by atoms with Crippen LogP contribution in [0.15, 0.2) is 0 Å². The van der Waals surface area contributed by atoms with Gasteiger partial charge in [0.15, 0.2) is 0 Å². The Kier molecular flexibility index (Phi) is 6.09. The van der Waals surface area contributed by atoms with Crippen molar-refractivity contribution in [3.8, 4) is 0 Å². The predicted octanol–water partition coefficient (Wildman–Crippen LogP) is 1.79. The van der Waals surface area contributed by atoms with E-state index >= 15 is 0 Å². The maximum Gasteiger partial charge on any atom is 0.326 e. The van der Waals surface area contributed by atoms with E-state index in [4.69, 9.17) is 4.74 Å². The minimum absolute atomic E-state index is 0.146. The number of carbonyl (C=O) groups excluding carboxylic acids is 1. The Morgan fingerprint density at radius 1 is 1.44 bits per heavy atom. The van der Waals surface area contributed by atoms with E-state index in [2.05, 4.69) is 17.3 Å². The molecule has 0 aromatic rings. The zero-order valence-corrected chi connectivity index (χ0v) is 12.3. The Morgan fingerprint density at radius 2 is 2.06 bits per heavy atom. The summed E-state index contributed by atoms with van der Waals surface area (Å²) in [6, 6.07) is 0.702. The molecule has 0 aromatic carbocycles. The highest BCUT2D eigenvalue weighted by Crippen LogP contribution is 2.23. The summed E-state index contributed by atoms with van der Waals surface area (Å²) < 4.78 is 5.14. The van der Waals surface area contributed by atoms with Crippen LogP contribution in [-0.2, 0) is 9.53 Å². The first-order valence-corrected chi connectivity index (χ1v) is 7.10. The summed E-state index contributed by atoms with van der Waals surface area (Å²) in [6.07, 6.45) is 6.07. The molecule has 1 unspecified atom stereocenters. The topological polar surface area (TPSA) is 41.6 Å². The fourth-order valence-electron chi connectivity index (χ4n) is 2.55. The number of hydrogen-bond acceptors (Lipinski definition) is 4. The molecule has 0 radical (unpaired) electrons. The monoisotopic (exact) mass is 256 g/mol. The minimum atomic E-state index is -0.567. The number of likely N-dealkylation sites (N-methyl/N-ethyl adjacent to an activating group) is 1. The van der Waals surface area contributed by atoms with Gasteiger partial charge in [-0.25, -0.2) is 0 Å². The van der Waals surface area contributed by atoms with Gasteiger partial charge in [0.25, 0.3) is 0 Å². The average Bonchev–Trinajstić information content (AvgIpc) is 2.89. The zero-order chi connectivity index (χ0) is 13.6. The molecule has 4 nitrogen and oxygen atoms in total. The van der Waals surface area contributed by atoms with Crippen molar-refractivity contribution < 1.29 is 9.53 Å². The van der Waals surface area contributed by atoms with Gasteiger partial charge in [0.05, 0.1) is 6.61 Å². The lowest BCUT2D eigenvalue weighted by atomic mass is 9.97. The molecule has 1 fully saturated rings. The quantitative estimate of drug-likeness (QED) is 0.705. The van der Waals surface area contributed by atoms with Crippen molar-refractivity contribution >= 4 is 5.97 Å². The van der Waals surface area contributed by atoms with Crippen LogP contribution in [0.25, 0.3) is 0 Å². The summed E-state index contributed by atoms with van der Waals surface area (Å²) in [5.74, 6) is -0.146. The van der Waals surface area contributed by atoms with E-state index in [9.17, 15) is 4.79 Å². The van der Waals surface area contributed by atoms with Gasteiger partial charge in [0.2, 0.25) is 0 Å². The molecule has 0 heterocycles. The molecule has 0 saturated heterocycles. The molecule has 0 bridgehead atoms. The van der Waals surface area contributed by atoms with Gasteiger partial charge < -0.3 is 15.0 Å². The maximum atomic E-state index is 11.9. The Bertz CT molecular complexity index is 265. The van der Waals surface area contributed by atoms with E-state index in [0.29, 0.717) is 12.6 Å². The van der Waals surface area contributed by atoms with Crippen LogP contribution < -0.4 is 5.32 Å². The predicted molar refractivity (Wildman–Crippen MR) is 73.6 cm³/mol. The lowest BCUT2D eigenvalue weighted by Crippen LogP contribution is -2.51. The normalized spacial score (nSPS) is 20.1. The average molecular weight is 256 g/mol. The van der Waals surface area contributed by atoms with Crippen LogP contribution in [-0.4, -0.2) is 49.7 Å². The number of nitrogens with one attached hydrogen (secondary N) is 1. The van der Waals surface area contributed by atoms with Gasteiger partial charge in [-0.2, -0.15) is 0 Å². The summed E-state index contributed by atoms with van der Waals surface area (Å²) in [5.41, 5.74) is -0.567. The molecule has 0 aromatic heterocycles. The van der Waals surface area contributed by atoms with E-state index < -0.39 is 5.54 Å². The third-order valence-corrected chi connectivity index (χ3v) is 4.19. The highest BCUT2D eigenvalue weighted by molar-refractivity contribution is 5.80. The van der Waals surface area contributed by atoms with Crippen molar-refractivity contribution in [1.82, 2.24) is 10.2 Å². The highest BCUT2D eigenvalue weighted by atomic mass is 16.5. The second-order valence-corrected chi connectivity index (χ2v) is 5.47. The molecule has 1 N–H and O–H groups in total. The van der Waals surface area contributed by atoms with Crippen LogP contribution in [0.3, 0.4) is 0 Å². The number of nitrogens with zero attached hydrogens (tertiary/aromatic N) is 1. The minimum Gasteiger partial charge on any atom is -0.465 e. The largest absolute Gasteiger partial charge is 0.465 e. The summed E-state index contributed by atoms with van der Waals surface area (Å²) in [4.78, 5) is 14.3. The van der Waals surface area contributed by atoms with Crippen LogP contribution in [0.5, 0.6) is 0 Å². The van der Waals surface area contributed by atoms with Crippen molar-refractivity contribution in [2.75, 3.05) is 27.2 Å². The molecule has 1 aliphatic carbocycles. The number of rotatable bonds is 7. The first kappa shape index (κ1) is 15.4. The molecular formula is C14H28N2O2. The first-order valence-electron chi connectivity index (χ1n) is 7.10. The van der Waals surface area contributed by atoms with E-state index in [-0.39, 0.29) is 5.97 Å². The van der Waals surface area contributed by atoms with Crippen molar-refractivity contribution in [3.63, 3.8) is 0 Å². The Hall–Kier alpha value is -0.610. The molecule has 0 aliphatic heterocycles. The van der Waals surface area contributed by atoms with Crippen LogP contribution in [0.4, 0.5) is 0 Å². The molecular weight excluding hydrogens is 228 g/mol. The molecule has 1 saturated carbocycles. The standard InChI is InChI=1S/C14H28N2O2/c1-5-18-13(17)14(2,15-3)10-11-16(4)12-8-6-7-9-12/h12,15H,5-11H2,1-4H3. The van der Waals surface area contributed by atoms with Crippen molar-refractivity contribution in [2.45, 2.75) is 57.5 Å². The Morgan fingerprint density at radius 3 is 2.56 bits per heavy atom. The van der Waals surface area contributed by atoms with Crippen LogP contribution >= 0.6 is 0 Å². The van der Waals surface area contributed by atoms with Crippen molar-refractivity contribution in [3.05, 3.63) is 0 Å². The van der Waals surface area contributed by atoms with E-state index in [0.717, 1.165) is 13.0 Å². The second-order valence-electron chi connectivity index (χ2n) is 5.47. The molecule has 0 amide bonds. The third kappa shape index (κ3) is 3.95. The molecule has 4 heteroatoms. The van der Waals surface area contributed by atoms with Gasteiger partial charge in [-0.1, -0.05) is 12.8 Å². The molecule has 0 spiro atoms. The molecule has 1 aliphatic rings. The molecule has 106 valence electrons. The SMILES string of the molecule is CCOC(=O)C(C)(CCN(C)C1CCCC1)NC. The molecule has 1 atom stereocenters. The number of esters is 1. The summed E-state index contributed by atoms with van der Waals surface area (Å²) in [6.45, 7) is 5.14. The summed E-state index contributed by atoms with van der Waals surface area (Å²) in [5, 5.41) is 3.11. The van der Waals surface area contributed by atoms with Crippen molar-refractivity contribution in [1.29, 1.82) is 0 Å². The van der Waals surface area contributed by atoms with Crippen LogP contribution in [0.1, 0.15) is 46.0 Å². The fraction of sp³-hybridized carbons (Fsp3) is 0.929. The maximum absolute atomic E-state index is 11.9. The van der Waals surface area contributed by atoms with Gasteiger partial charge in [-0.05, 0) is 47.2 Å². The zero-order valence-electron chi connectivity index (χ0n) is 12.3.